The van der Waals surface area contributed by atoms with Crippen LogP contribution in [0.5, 0.6) is 0 Å². The molecule has 0 aromatic heterocycles. The van der Waals surface area contributed by atoms with Gasteiger partial charge in [0.25, 0.3) is 0 Å². The van der Waals surface area contributed by atoms with Crippen molar-refractivity contribution < 1.29 is 14.7 Å². The zero-order valence-corrected chi connectivity index (χ0v) is 11.2. The molecule has 18 heavy (non-hydrogen) atoms. The fourth-order valence-electron chi connectivity index (χ4n) is 1.57. The fraction of sp³-hybridized carbons (Fsp3) is 0.692. The van der Waals surface area contributed by atoms with Gasteiger partial charge in [0, 0.05) is 12.5 Å². The second-order valence-electron chi connectivity index (χ2n) is 4.57. The molecule has 0 aromatic rings. The Hall–Kier alpha value is -1.70. The number of urea groups is 1. The van der Waals surface area contributed by atoms with E-state index in [1.807, 2.05) is 6.92 Å². The van der Waals surface area contributed by atoms with E-state index in [-0.39, 0.29) is 12.5 Å². The lowest BCUT2D eigenvalue weighted by Gasteiger charge is -2.19. The number of carboxylic acid groups (broad SMARTS) is 1. The van der Waals surface area contributed by atoms with E-state index in [1.165, 1.54) is 0 Å². The summed E-state index contributed by atoms with van der Waals surface area (Å²) in [7, 11) is 0. The maximum absolute atomic E-state index is 11.6. The number of nitrogens with one attached hydrogen (secondary N) is 2. The van der Waals surface area contributed by atoms with Crippen molar-refractivity contribution in [3.8, 4) is 12.3 Å². The van der Waals surface area contributed by atoms with Crippen LogP contribution in [0.1, 0.15) is 40.0 Å². The van der Waals surface area contributed by atoms with Gasteiger partial charge in [0.1, 0.15) is 6.04 Å². The van der Waals surface area contributed by atoms with Gasteiger partial charge in [0.15, 0.2) is 0 Å². The van der Waals surface area contributed by atoms with Crippen molar-refractivity contribution in [3.05, 3.63) is 0 Å². The topological polar surface area (TPSA) is 78.4 Å². The Kier molecular flexibility index (Phi) is 7.61. The third-order valence-corrected chi connectivity index (χ3v) is 2.76. The number of carbonyl (C=O) groups excluding carboxylic acids is 1. The molecule has 0 radical (unpaired) electrons. The molecule has 2 amide bonds. The normalized spacial score (nSPS) is 15.0. The molecule has 0 aliphatic heterocycles. The third kappa shape index (κ3) is 6.79. The van der Waals surface area contributed by atoms with Gasteiger partial charge in [-0.2, -0.15) is 0 Å². The number of terminal acetylenes is 1. The molecule has 0 bridgehead atoms. The molecular formula is C13H22N2O3. The number of carboxylic acids is 1. The highest BCUT2D eigenvalue weighted by molar-refractivity contribution is 5.82. The maximum atomic E-state index is 11.6. The molecule has 0 fully saturated rings. The van der Waals surface area contributed by atoms with Crippen LogP contribution in [-0.4, -0.2) is 29.2 Å². The molecule has 0 aliphatic carbocycles. The first-order valence-electron chi connectivity index (χ1n) is 6.13. The van der Waals surface area contributed by atoms with Crippen molar-refractivity contribution in [2.24, 2.45) is 5.92 Å². The van der Waals surface area contributed by atoms with Crippen molar-refractivity contribution in [1.82, 2.24) is 10.6 Å². The average Bonchev–Trinajstić information content (AvgIpc) is 2.27. The van der Waals surface area contributed by atoms with Crippen LogP contribution in [0.2, 0.25) is 0 Å². The molecule has 0 saturated heterocycles. The van der Waals surface area contributed by atoms with Gasteiger partial charge in [-0.15, -0.1) is 12.3 Å². The summed E-state index contributed by atoms with van der Waals surface area (Å²) in [6.07, 6.45) is 6.92. The van der Waals surface area contributed by atoms with Gasteiger partial charge in [0.2, 0.25) is 0 Å². The summed E-state index contributed by atoms with van der Waals surface area (Å²) in [5.74, 6) is 1.61. The van der Waals surface area contributed by atoms with Gasteiger partial charge in [-0.05, 0) is 19.3 Å². The lowest BCUT2D eigenvalue weighted by Crippen LogP contribution is -2.48. The van der Waals surface area contributed by atoms with Crippen molar-refractivity contribution in [3.63, 3.8) is 0 Å². The van der Waals surface area contributed by atoms with Crippen LogP contribution >= 0.6 is 0 Å². The standard InChI is InChI=1S/C13H22N2O3/c1-5-7-11(12(16)17)15-13(18)14-10(4)8-9(3)6-2/h1,9-11H,6-8H2,2-4H3,(H,16,17)(H2,14,15,18). The van der Waals surface area contributed by atoms with Gasteiger partial charge in [0.05, 0.1) is 0 Å². The largest absolute Gasteiger partial charge is 0.480 e. The Balaban J connectivity index is 4.16. The molecule has 3 unspecified atom stereocenters. The van der Waals surface area contributed by atoms with Crippen LogP contribution in [0, 0.1) is 18.3 Å². The zero-order chi connectivity index (χ0) is 14.1. The predicted molar refractivity (Wildman–Crippen MR) is 70.1 cm³/mol. The second kappa shape index (κ2) is 8.40. The summed E-state index contributed by atoms with van der Waals surface area (Å²) in [6.45, 7) is 6.09. The molecule has 5 heteroatoms. The molecular weight excluding hydrogens is 232 g/mol. The van der Waals surface area contributed by atoms with Gasteiger partial charge in [-0.1, -0.05) is 20.3 Å². The van der Waals surface area contributed by atoms with E-state index in [0.29, 0.717) is 5.92 Å². The highest BCUT2D eigenvalue weighted by Gasteiger charge is 2.19. The summed E-state index contributed by atoms with van der Waals surface area (Å²) >= 11 is 0. The monoisotopic (exact) mass is 254 g/mol. The minimum Gasteiger partial charge on any atom is -0.480 e. The minimum atomic E-state index is -1.13. The first-order chi connectivity index (χ1) is 8.40. The number of hydrogen-bond donors (Lipinski definition) is 3. The van der Waals surface area contributed by atoms with Crippen LogP contribution in [0.25, 0.3) is 0 Å². The predicted octanol–water partition coefficient (Wildman–Crippen LogP) is 1.59. The molecule has 0 rings (SSSR count). The van der Waals surface area contributed by atoms with E-state index in [9.17, 15) is 9.59 Å². The molecule has 5 nitrogen and oxygen atoms in total. The number of rotatable bonds is 7. The summed E-state index contributed by atoms with van der Waals surface area (Å²) in [6, 6.07) is -1.53. The van der Waals surface area contributed by atoms with Crippen LogP contribution in [-0.2, 0) is 4.79 Å². The zero-order valence-electron chi connectivity index (χ0n) is 11.2. The van der Waals surface area contributed by atoms with E-state index in [1.54, 1.807) is 0 Å². The molecule has 0 aromatic carbocycles. The first kappa shape index (κ1) is 16.3. The molecule has 0 aliphatic rings. The Morgan fingerprint density at radius 3 is 2.39 bits per heavy atom. The lowest BCUT2D eigenvalue weighted by molar-refractivity contribution is -0.139. The van der Waals surface area contributed by atoms with E-state index < -0.39 is 18.0 Å². The van der Waals surface area contributed by atoms with E-state index in [2.05, 4.69) is 30.4 Å². The summed E-state index contributed by atoms with van der Waals surface area (Å²) in [5.41, 5.74) is 0. The van der Waals surface area contributed by atoms with Crippen molar-refractivity contribution in [2.45, 2.75) is 52.1 Å². The van der Waals surface area contributed by atoms with Gasteiger partial charge in [-0.25, -0.2) is 9.59 Å². The Labute approximate surface area is 108 Å². The van der Waals surface area contributed by atoms with Crippen LogP contribution in [0.15, 0.2) is 0 Å². The van der Waals surface area contributed by atoms with Gasteiger partial charge < -0.3 is 15.7 Å². The van der Waals surface area contributed by atoms with Crippen LogP contribution in [0.3, 0.4) is 0 Å². The number of hydrogen-bond acceptors (Lipinski definition) is 2. The highest BCUT2D eigenvalue weighted by Crippen LogP contribution is 2.09. The number of carbonyl (C=O) groups is 2. The Bertz CT molecular complexity index is 323. The van der Waals surface area contributed by atoms with E-state index in [4.69, 9.17) is 11.5 Å². The second-order valence-corrected chi connectivity index (χ2v) is 4.57. The van der Waals surface area contributed by atoms with Crippen molar-refractivity contribution in [1.29, 1.82) is 0 Å². The Morgan fingerprint density at radius 1 is 1.33 bits per heavy atom. The van der Waals surface area contributed by atoms with E-state index in [0.717, 1.165) is 12.8 Å². The van der Waals surface area contributed by atoms with E-state index >= 15 is 0 Å². The lowest BCUT2D eigenvalue weighted by atomic mass is 10.0. The molecule has 0 saturated carbocycles. The van der Waals surface area contributed by atoms with Crippen molar-refractivity contribution >= 4 is 12.0 Å². The average molecular weight is 254 g/mol. The number of amides is 2. The Morgan fingerprint density at radius 2 is 1.94 bits per heavy atom. The highest BCUT2D eigenvalue weighted by atomic mass is 16.4. The van der Waals surface area contributed by atoms with Gasteiger partial charge in [-0.3, -0.25) is 0 Å². The van der Waals surface area contributed by atoms with Crippen molar-refractivity contribution in [2.75, 3.05) is 0 Å². The van der Waals surface area contributed by atoms with Gasteiger partial charge >= 0.3 is 12.0 Å². The maximum Gasteiger partial charge on any atom is 0.327 e. The molecule has 0 heterocycles. The van der Waals surface area contributed by atoms with Crippen LogP contribution < -0.4 is 10.6 Å². The SMILES string of the molecule is C#CCC(NC(=O)NC(C)CC(C)CC)C(=O)O. The number of aliphatic carboxylic acids is 1. The van der Waals surface area contributed by atoms with Crippen LogP contribution in [0.4, 0.5) is 4.79 Å². The summed E-state index contributed by atoms with van der Waals surface area (Å²) < 4.78 is 0. The summed E-state index contributed by atoms with van der Waals surface area (Å²) in [4.78, 5) is 22.4. The molecule has 3 atom stereocenters. The minimum absolute atomic E-state index is 0.000214. The first-order valence-corrected chi connectivity index (χ1v) is 6.13. The fourth-order valence-corrected chi connectivity index (χ4v) is 1.57. The quantitative estimate of drug-likeness (QED) is 0.604. The third-order valence-electron chi connectivity index (χ3n) is 2.76. The molecule has 3 N–H and O–H groups in total. The molecule has 0 spiro atoms. The smallest absolute Gasteiger partial charge is 0.327 e. The summed E-state index contributed by atoms with van der Waals surface area (Å²) in [5, 5.41) is 13.9. The molecule has 102 valence electrons.